The van der Waals surface area contributed by atoms with Crippen molar-refractivity contribution < 1.29 is 13.7 Å². The quantitative estimate of drug-likeness (QED) is 0.657. The molecule has 1 rings (SSSR count). The van der Waals surface area contributed by atoms with Gasteiger partial charge in [0.2, 0.25) is 0 Å². The molecule has 12 heavy (non-hydrogen) atoms. The van der Waals surface area contributed by atoms with Crippen molar-refractivity contribution in [3.05, 3.63) is 0 Å². The second-order valence-corrected chi connectivity index (χ2v) is 5.97. The SMILES string of the molecule is CC[C@@H](C)[NH2+][C@H]1CCS(=O)(=O)C1. The van der Waals surface area contributed by atoms with Crippen LogP contribution >= 0.6 is 0 Å². The lowest BCUT2D eigenvalue weighted by molar-refractivity contribution is -0.714. The normalized spacial score (nSPS) is 30.3. The molecule has 1 aliphatic rings. The van der Waals surface area contributed by atoms with Crippen molar-refractivity contribution in [2.24, 2.45) is 0 Å². The highest BCUT2D eigenvalue weighted by atomic mass is 32.2. The van der Waals surface area contributed by atoms with Crippen molar-refractivity contribution in [1.29, 1.82) is 0 Å². The summed E-state index contributed by atoms with van der Waals surface area (Å²) in [4.78, 5) is 0. The Bertz CT molecular complexity index is 235. The number of rotatable bonds is 3. The molecule has 1 heterocycles. The van der Waals surface area contributed by atoms with Gasteiger partial charge in [-0.1, -0.05) is 6.92 Å². The first-order chi connectivity index (χ1) is 5.53. The minimum absolute atomic E-state index is 0.324. The van der Waals surface area contributed by atoms with E-state index in [4.69, 9.17) is 0 Å². The van der Waals surface area contributed by atoms with Gasteiger partial charge in [-0.25, -0.2) is 8.42 Å². The Hall–Kier alpha value is -0.0900. The smallest absolute Gasteiger partial charge is 0.156 e. The molecule has 0 aromatic carbocycles. The predicted molar refractivity (Wildman–Crippen MR) is 48.7 cm³/mol. The second kappa shape index (κ2) is 3.75. The summed E-state index contributed by atoms with van der Waals surface area (Å²) in [5.74, 6) is 0.780. The third-order valence-electron chi connectivity index (χ3n) is 2.51. The van der Waals surface area contributed by atoms with Gasteiger partial charge in [0.05, 0.1) is 11.8 Å². The van der Waals surface area contributed by atoms with E-state index in [1.807, 2.05) is 0 Å². The number of quaternary nitrogens is 1. The van der Waals surface area contributed by atoms with Crippen LogP contribution in [0.4, 0.5) is 0 Å². The largest absolute Gasteiger partial charge is 0.341 e. The standard InChI is InChI=1S/C8H17NO2S/c1-3-7(2)9-8-4-5-12(10,11)6-8/h7-9H,3-6H2,1-2H3/p+1/t7-,8+/m1/s1. The molecule has 1 saturated heterocycles. The van der Waals surface area contributed by atoms with Crippen molar-refractivity contribution >= 4 is 9.84 Å². The van der Waals surface area contributed by atoms with Gasteiger partial charge in [0.25, 0.3) is 0 Å². The van der Waals surface area contributed by atoms with E-state index in [1.54, 1.807) is 0 Å². The van der Waals surface area contributed by atoms with Crippen LogP contribution in [-0.4, -0.2) is 32.0 Å². The summed E-state index contributed by atoms with van der Waals surface area (Å²) in [6.07, 6.45) is 1.95. The topological polar surface area (TPSA) is 50.8 Å². The molecule has 0 unspecified atom stereocenters. The van der Waals surface area contributed by atoms with Crippen molar-refractivity contribution in [2.75, 3.05) is 11.5 Å². The van der Waals surface area contributed by atoms with Crippen LogP contribution in [0.2, 0.25) is 0 Å². The third kappa shape index (κ3) is 2.75. The highest BCUT2D eigenvalue weighted by Crippen LogP contribution is 2.08. The van der Waals surface area contributed by atoms with Crippen LogP contribution in [0.1, 0.15) is 26.7 Å². The van der Waals surface area contributed by atoms with Gasteiger partial charge in [-0.2, -0.15) is 0 Å². The molecule has 0 radical (unpaired) electrons. The van der Waals surface area contributed by atoms with Gasteiger partial charge >= 0.3 is 0 Å². The average molecular weight is 192 g/mol. The molecule has 0 bridgehead atoms. The number of hydrogen-bond acceptors (Lipinski definition) is 2. The van der Waals surface area contributed by atoms with Crippen molar-refractivity contribution in [3.8, 4) is 0 Å². The Morgan fingerprint density at radius 2 is 2.25 bits per heavy atom. The fourth-order valence-electron chi connectivity index (χ4n) is 1.58. The van der Waals surface area contributed by atoms with Gasteiger partial charge in [0.1, 0.15) is 11.8 Å². The van der Waals surface area contributed by atoms with Crippen LogP contribution < -0.4 is 5.32 Å². The highest BCUT2D eigenvalue weighted by Gasteiger charge is 2.31. The predicted octanol–water partition coefficient (Wildman–Crippen LogP) is -0.465. The van der Waals surface area contributed by atoms with E-state index >= 15 is 0 Å². The van der Waals surface area contributed by atoms with E-state index in [2.05, 4.69) is 19.2 Å². The zero-order valence-electron chi connectivity index (χ0n) is 7.79. The first kappa shape index (κ1) is 9.99. The van der Waals surface area contributed by atoms with Crippen LogP contribution in [0.5, 0.6) is 0 Å². The molecule has 1 aliphatic heterocycles. The minimum Gasteiger partial charge on any atom is -0.341 e. The molecule has 0 spiro atoms. The molecule has 0 saturated carbocycles. The Morgan fingerprint density at radius 1 is 1.58 bits per heavy atom. The van der Waals surface area contributed by atoms with E-state index in [0.717, 1.165) is 12.8 Å². The van der Waals surface area contributed by atoms with E-state index < -0.39 is 9.84 Å². The maximum Gasteiger partial charge on any atom is 0.156 e. The summed E-state index contributed by atoms with van der Waals surface area (Å²) in [5, 5.41) is 2.20. The molecule has 4 heteroatoms. The summed E-state index contributed by atoms with van der Waals surface area (Å²) in [6, 6.07) is 0.883. The van der Waals surface area contributed by atoms with Gasteiger partial charge < -0.3 is 5.32 Å². The van der Waals surface area contributed by atoms with Gasteiger partial charge in [0, 0.05) is 6.42 Å². The lowest BCUT2D eigenvalue weighted by Gasteiger charge is -2.12. The van der Waals surface area contributed by atoms with Crippen LogP contribution in [0.25, 0.3) is 0 Å². The molecule has 2 atom stereocenters. The van der Waals surface area contributed by atoms with Crippen molar-refractivity contribution in [2.45, 2.75) is 38.8 Å². The Morgan fingerprint density at radius 3 is 2.67 bits per heavy atom. The Labute approximate surface area is 74.5 Å². The number of hydrogen-bond donors (Lipinski definition) is 1. The summed E-state index contributed by atoms with van der Waals surface area (Å²) in [6.45, 7) is 4.27. The molecule has 1 fully saturated rings. The van der Waals surface area contributed by atoms with E-state index in [9.17, 15) is 8.42 Å². The van der Waals surface area contributed by atoms with E-state index in [-0.39, 0.29) is 0 Å². The summed E-state index contributed by atoms with van der Waals surface area (Å²) in [5.41, 5.74) is 0. The van der Waals surface area contributed by atoms with Crippen LogP contribution in [0.3, 0.4) is 0 Å². The zero-order chi connectivity index (χ0) is 9.19. The van der Waals surface area contributed by atoms with Crippen molar-refractivity contribution in [3.63, 3.8) is 0 Å². The molecule has 3 nitrogen and oxygen atoms in total. The molecule has 0 aliphatic carbocycles. The maximum absolute atomic E-state index is 11.1. The number of sulfone groups is 1. The zero-order valence-corrected chi connectivity index (χ0v) is 8.60. The molecule has 0 amide bonds. The molecule has 2 N–H and O–H groups in total. The second-order valence-electron chi connectivity index (χ2n) is 3.74. The molecular weight excluding hydrogens is 174 g/mol. The minimum atomic E-state index is -2.68. The van der Waals surface area contributed by atoms with Gasteiger partial charge in [0.15, 0.2) is 9.84 Å². The first-order valence-electron chi connectivity index (χ1n) is 4.59. The summed E-state index contributed by atoms with van der Waals surface area (Å²) < 4.78 is 22.2. The lowest BCUT2D eigenvalue weighted by atomic mass is 10.2. The Balaban J connectivity index is 2.38. The fraction of sp³-hybridized carbons (Fsp3) is 1.00. The Kier molecular flexibility index (Phi) is 3.12. The van der Waals surface area contributed by atoms with Crippen LogP contribution in [0.15, 0.2) is 0 Å². The van der Waals surface area contributed by atoms with Crippen LogP contribution in [-0.2, 0) is 9.84 Å². The van der Waals surface area contributed by atoms with Crippen LogP contribution in [0, 0.1) is 0 Å². The third-order valence-corrected chi connectivity index (χ3v) is 4.31. The maximum atomic E-state index is 11.1. The number of nitrogens with two attached hydrogens (primary N) is 1. The van der Waals surface area contributed by atoms with Crippen molar-refractivity contribution in [1.82, 2.24) is 0 Å². The van der Waals surface area contributed by atoms with Gasteiger partial charge in [-0.15, -0.1) is 0 Å². The lowest BCUT2D eigenvalue weighted by Crippen LogP contribution is -2.94. The van der Waals surface area contributed by atoms with Gasteiger partial charge in [-0.3, -0.25) is 0 Å². The first-order valence-corrected chi connectivity index (χ1v) is 6.41. The molecular formula is C8H18NO2S+. The monoisotopic (exact) mass is 192 g/mol. The average Bonchev–Trinajstić information content (AvgIpc) is 2.30. The molecule has 0 aromatic heterocycles. The molecule has 72 valence electrons. The van der Waals surface area contributed by atoms with E-state index in [1.165, 1.54) is 0 Å². The summed E-state index contributed by atoms with van der Waals surface area (Å²) >= 11 is 0. The highest BCUT2D eigenvalue weighted by molar-refractivity contribution is 7.91. The van der Waals surface area contributed by atoms with Gasteiger partial charge in [-0.05, 0) is 13.3 Å². The van der Waals surface area contributed by atoms with E-state index in [0.29, 0.717) is 23.6 Å². The summed E-state index contributed by atoms with van der Waals surface area (Å²) in [7, 11) is -2.68. The fourth-order valence-corrected chi connectivity index (χ4v) is 3.33. The molecule has 0 aromatic rings.